The predicted octanol–water partition coefficient (Wildman–Crippen LogP) is 5.03. The van der Waals surface area contributed by atoms with Crippen LogP contribution < -0.4 is 10.1 Å². The van der Waals surface area contributed by atoms with Gasteiger partial charge in [0, 0.05) is 6.04 Å². The van der Waals surface area contributed by atoms with Gasteiger partial charge in [-0.05, 0) is 65.0 Å². The maximum Gasteiger partial charge on any atom is 0.133 e. The lowest BCUT2D eigenvalue weighted by molar-refractivity contribution is 0.267. The summed E-state index contributed by atoms with van der Waals surface area (Å²) in [6.07, 6.45) is 5.00. The van der Waals surface area contributed by atoms with Crippen molar-refractivity contribution in [2.75, 3.05) is 13.2 Å². The molecule has 1 heterocycles. The Hall–Kier alpha value is -1.32. The first-order valence-corrected chi connectivity index (χ1v) is 8.83. The van der Waals surface area contributed by atoms with Crippen LogP contribution in [-0.4, -0.2) is 19.2 Å². The summed E-state index contributed by atoms with van der Waals surface area (Å²) in [4.78, 5) is 0. The summed E-state index contributed by atoms with van der Waals surface area (Å²) in [6.45, 7) is 1.92. The average molecular weight is 360 g/mol. The molecular formula is C19H22BrNO. The lowest BCUT2D eigenvalue weighted by atomic mass is 10.0. The molecule has 2 nitrogen and oxygen atoms in total. The third-order valence-electron chi connectivity index (χ3n) is 4.18. The summed E-state index contributed by atoms with van der Waals surface area (Å²) in [6, 6.07) is 17.3. The van der Waals surface area contributed by atoms with Crippen molar-refractivity contribution in [1.82, 2.24) is 5.32 Å². The number of benzene rings is 2. The summed E-state index contributed by atoms with van der Waals surface area (Å²) in [5.41, 5.74) is 2.43. The highest BCUT2D eigenvalue weighted by Gasteiger charge is 2.12. The van der Waals surface area contributed by atoms with Crippen molar-refractivity contribution in [3.63, 3.8) is 0 Å². The number of halogens is 1. The molecule has 22 heavy (non-hydrogen) atoms. The van der Waals surface area contributed by atoms with E-state index >= 15 is 0 Å². The lowest BCUT2D eigenvalue weighted by Crippen LogP contribution is -2.35. The summed E-state index contributed by atoms with van der Waals surface area (Å²) >= 11 is 3.63. The van der Waals surface area contributed by atoms with E-state index in [2.05, 4.69) is 63.7 Å². The lowest BCUT2D eigenvalue weighted by Gasteiger charge is -2.23. The molecule has 1 saturated heterocycles. The van der Waals surface area contributed by atoms with Crippen LogP contribution in [-0.2, 0) is 0 Å². The SMILES string of the molecule is Brc1cc(-c2ccccc2)ccc1OCC[C@H]1CCCCN1. The Bertz CT molecular complexity index is 594. The second-order valence-electron chi connectivity index (χ2n) is 5.80. The fourth-order valence-corrected chi connectivity index (χ4v) is 3.40. The van der Waals surface area contributed by atoms with Gasteiger partial charge in [0.25, 0.3) is 0 Å². The molecule has 1 N–H and O–H groups in total. The van der Waals surface area contributed by atoms with Crippen LogP contribution in [0.4, 0.5) is 0 Å². The Morgan fingerprint density at radius 3 is 2.64 bits per heavy atom. The van der Waals surface area contributed by atoms with Gasteiger partial charge in [-0.25, -0.2) is 0 Å². The monoisotopic (exact) mass is 359 g/mol. The van der Waals surface area contributed by atoms with Crippen LogP contribution in [0.3, 0.4) is 0 Å². The molecule has 1 aliphatic rings. The quantitative estimate of drug-likeness (QED) is 0.808. The summed E-state index contributed by atoms with van der Waals surface area (Å²) in [7, 11) is 0. The zero-order valence-corrected chi connectivity index (χ0v) is 14.3. The number of ether oxygens (including phenoxy) is 1. The van der Waals surface area contributed by atoms with E-state index < -0.39 is 0 Å². The summed E-state index contributed by atoms with van der Waals surface area (Å²) in [5, 5.41) is 3.56. The van der Waals surface area contributed by atoms with Crippen LogP contribution in [0.15, 0.2) is 53.0 Å². The molecule has 1 aliphatic heterocycles. The minimum atomic E-state index is 0.621. The maximum atomic E-state index is 5.94. The maximum absolute atomic E-state index is 5.94. The molecule has 2 aromatic carbocycles. The largest absolute Gasteiger partial charge is 0.492 e. The number of nitrogens with one attached hydrogen (secondary N) is 1. The van der Waals surface area contributed by atoms with E-state index in [1.165, 1.54) is 30.4 Å². The molecule has 0 unspecified atom stereocenters. The topological polar surface area (TPSA) is 21.3 Å². The van der Waals surface area contributed by atoms with Crippen molar-refractivity contribution >= 4 is 15.9 Å². The molecule has 2 aromatic rings. The van der Waals surface area contributed by atoms with Gasteiger partial charge in [0.15, 0.2) is 0 Å². The molecule has 0 bridgehead atoms. The zero-order chi connectivity index (χ0) is 15.2. The molecule has 0 saturated carbocycles. The summed E-state index contributed by atoms with van der Waals surface area (Å²) < 4.78 is 6.96. The van der Waals surface area contributed by atoms with Crippen molar-refractivity contribution in [2.24, 2.45) is 0 Å². The minimum absolute atomic E-state index is 0.621. The molecule has 116 valence electrons. The Labute approximate surface area is 141 Å². The van der Waals surface area contributed by atoms with Gasteiger partial charge in [0.1, 0.15) is 5.75 Å². The number of hydrogen-bond acceptors (Lipinski definition) is 2. The molecule has 1 fully saturated rings. The standard InChI is InChI=1S/C19H22BrNO/c20-18-14-16(15-6-2-1-3-7-15)9-10-19(18)22-13-11-17-8-4-5-12-21-17/h1-3,6-7,9-10,14,17,21H,4-5,8,11-13H2/t17-/m1/s1. The van der Waals surface area contributed by atoms with E-state index in [1.54, 1.807) is 0 Å². The molecule has 3 rings (SSSR count). The number of rotatable bonds is 5. The first-order chi connectivity index (χ1) is 10.8. The Kier molecular flexibility index (Phi) is 5.52. The molecule has 0 spiro atoms. The van der Waals surface area contributed by atoms with Crippen LogP contribution in [0.5, 0.6) is 5.75 Å². The van der Waals surface area contributed by atoms with Gasteiger partial charge in [-0.15, -0.1) is 0 Å². The van der Waals surface area contributed by atoms with Gasteiger partial charge in [-0.1, -0.05) is 42.8 Å². The second kappa shape index (κ2) is 7.80. The van der Waals surface area contributed by atoms with Crippen molar-refractivity contribution in [3.05, 3.63) is 53.0 Å². The Morgan fingerprint density at radius 2 is 1.91 bits per heavy atom. The van der Waals surface area contributed by atoms with Crippen LogP contribution in [0.2, 0.25) is 0 Å². The van der Waals surface area contributed by atoms with Crippen LogP contribution in [0, 0.1) is 0 Å². The minimum Gasteiger partial charge on any atom is -0.492 e. The van der Waals surface area contributed by atoms with Crippen molar-refractivity contribution in [3.8, 4) is 16.9 Å². The van der Waals surface area contributed by atoms with E-state index in [-0.39, 0.29) is 0 Å². The van der Waals surface area contributed by atoms with Crippen molar-refractivity contribution < 1.29 is 4.74 Å². The van der Waals surface area contributed by atoms with Gasteiger partial charge >= 0.3 is 0 Å². The Balaban J connectivity index is 1.58. The van der Waals surface area contributed by atoms with Gasteiger partial charge in [-0.2, -0.15) is 0 Å². The molecule has 3 heteroatoms. The van der Waals surface area contributed by atoms with E-state index in [0.29, 0.717) is 6.04 Å². The fraction of sp³-hybridized carbons (Fsp3) is 0.368. The van der Waals surface area contributed by atoms with E-state index in [1.807, 2.05) is 6.07 Å². The third-order valence-corrected chi connectivity index (χ3v) is 4.79. The van der Waals surface area contributed by atoms with E-state index in [9.17, 15) is 0 Å². The van der Waals surface area contributed by atoms with Crippen molar-refractivity contribution in [1.29, 1.82) is 0 Å². The van der Waals surface area contributed by atoms with E-state index in [0.717, 1.165) is 29.8 Å². The smallest absolute Gasteiger partial charge is 0.133 e. The highest BCUT2D eigenvalue weighted by Crippen LogP contribution is 2.30. The molecule has 0 radical (unpaired) electrons. The highest BCUT2D eigenvalue weighted by molar-refractivity contribution is 9.10. The number of hydrogen-bond donors (Lipinski definition) is 1. The molecular weight excluding hydrogens is 338 g/mol. The van der Waals surface area contributed by atoms with Crippen LogP contribution >= 0.6 is 15.9 Å². The first-order valence-electron chi connectivity index (χ1n) is 8.04. The van der Waals surface area contributed by atoms with E-state index in [4.69, 9.17) is 4.74 Å². The summed E-state index contributed by atoms with van der Waals surface area (Å²) in [5.74, 6) is 0.926. The van der Waals surface area contributed by atoms with Gasteiger partial charge in [-0.3, -0.25) is 0 Å². The van der Waals surface area contributed by atoms with Crippen molar-refractivity contribution in [2.45, 2.75) is 31.7 Å². The fourth-order valence-electron chi connectivity index (χ4n) is 2.91. The van der Waals surface area contributed by atoms with Gasteiger partial charge in [0.05, 0.1) is 11.1 Å². The zero-order valence-electron chi connectivity index (χ0n) is 12.7. The number of piperidine rings is 1. The molecule has 0 aromatic heterocycles. The van der Waals surface area contributed by atoms with Gasteiger partial charge < -0.3 is 10.1 Å². The van der Waals surface area contributed by atoms with Crippen LogP contribution in [0.25, 0.3) is 11.1 Å². The second-order valence-corrected chi connectivity index (χ2v) is 6.65. The third kappa shape index (κ3) is 4.11. The Morgan fingerprint density at radius 1 is 1.05 bits per heavy atom. The molecule has 0 aliphatic carbocycles. The normalized spacial score (nSPS) is 18.1. The molecule has 1 atom stereocenters. The highest BCUT2D eigenvalue weighted by atomic mass is 79.9. The first kappa shape index (κ1) is 15.6. The molecule has 0 amide bonds. The predicted molar refractivity (Wildman–Crippen MR) is 95.3 cm³/mol. The van der Waals surface area contributed by atoms with Crippen LogP contribution in [0.1, 0.15) is 25.7 Å². The average Bonchev–Trinajstić information content (AvgIpc) is 2.58. The van der Waals surface area contributed by atoms with Gasteiger partial charge in [0.2, 0.25) is 0 Å².